The molecule has 4 heteroatoms. The van der Waals surface area contributed by atoms with Crippen molar-refractivity contribution < 1.29 is 9.21 Å². The maximum absolute atomic E-state index is 11.7. The van der Waals surface area contributed by atoms with Gasteiger partial charge in [0.05, 0.1) is 0 Å². The van der Waals surface area contributed by atoms with E-state index in [1.54, 1.807) is 0 Å². The van der Waals surface area contributed by atoms with Gasteiger partial charge >= 0.3 is 0 Å². The average Bonchev–Trinajstić information content (AvgIpc) is 2.98. The Hall–Kier alpha value is -2.62. The van der Waals surface area contributed by atoms with Gasteiger partial charge in [-0.3, -0.25) is 4.79 Å². The lowest BCUT2D eigenvalue weighted by Crippen LogP contribution is -2.17. The fraction of sp³-hybridized carbons (Fsp3) is 0.300. The van der Waals surface area contributed by atoms with Crippen LogP contribution in [-0.4, -0.2) is 10.9 Å². The smallest absolute Gasteiger partial charge is 0.227 e. The molecule has 24 heavy (non-hydrogen) atoms. The van der Waals surface area contributed by atoms with E-state index in [4.69, 9.17) is 4.42 Å². The highest BCUT2D eigenvalue weighted by atomic mass is 16.3. The normalized spacial score (nSPS) is 11.4. The third-order valence-electron chi connectivity index (χ3n) is 4.00. The van der Waals surface area contributed by atoms with E-state index in [1.165, 1.54) is 5.56 Å². The molecular formula is C20H22N2O2. The second kappa shape index (κ2) is 6.48. The van der Waals surface area contributed by atoms with Crippen molar-refractivity contribution in [2.45, 2.75) is 33.6 Å². The molecule has 3 aromatic rings. The quantitative estimate of drug-likeness (QED) is 0.717. The summed E-state index contributed by atoms with van der Waals surface area (Å²) in [5.74, 6) is 1.01. The number of carbonyl (C=O) groups is 1. The van der Waals surface area contributed by atoms with Crippen LogP contribution in [0.3, 0.4) is 0 Å². The summed E-state index contributed by atoms with van der Waals surface area (Å²) in [6.45, 7) is 8.06. The SMILES string of the molecule is CC(C)C(=O)Nc1ccc(-c2nc3cc(C(C)C)ccc3o2)cc1. The minimum atomic E-state index is -0.0446. The van der Waals surface area contributed by atoms with Crippen LogP contribution < -0.4 is 5.32 Å². The number of fused-ring (bicyclic) bond motifs is 1. The number of anilines is 1. The molecule has 4 nitrogen and oxygen atoms in total. The zero-order valence-electron chi connectivity index (χ0n) is 14.5. The molecule has 1 aromatic heterocycles. The van der Waals surface area contributed by atoms with Gasteiger partial charge in [0.1, 0.15) is 5.52 Å². The Bertz CT molecular complexity index is 861. The van der Waals surface area contributed by atoms with E-state index in [1.807, 2.05) is 44.2 Å². The van der Waals surface area contributed by atoms with E-state index >= 15 is 0 Å². The van der Waals surface area contributed by atoms with Gasteiger partial charge in [-0.2, -0.15) is 0 Å². The Kier molecular flexibility index (Phi) is 4.38. The van der Waals surface area contributed by atoms with Crippen LogP contribution in [0, 0.1) is 5.92 Å². The molecule has 0 aliphatic heterocycles. The number of carbonyl (C=O) groups excluding carboxylic acids is 1. The van der Waals surface area contributed by atoms with Gasteiger partial charge in [0, 0.05) is 17.2 Å². The summed E-state index contributed by atoms with van der Waals surface area (Å²) in [6, 6.07) is 13.7. The Labute approximate surface area is 141 Å². The molecule has 0 fully saturated rings. The summed E-state index contributed by atoms with van der Waals surface area (Å²) in [5.41, 5.74) is 4.56. The van der Waals surface area contributed by atoms with Crippen molar-refractivity contribution in [1.82, 2.24) is 4.98 Å². The van der Waals surface area contributed by atoms with E-state index in [-0.39, 0.29) is 11.8 Å². The molecule has 0 radical (unpaired) electrons. The van der Waals surface area contributed by atoms with Crippen LogP contribution in [0.5, 0.6) is 0 Å². The first-order valence-electron chi connectivity index (χ1n) is 8.26. The molecule has 0 atom stereocenters. The van der Waals surface area contributed by atoms with Gasteiger partial charge in [0.2, 0.25) is 11.8 Å². The topological polar surface area (TPSA) is 55.1 Å². The van der Waals surface area contributed by atoms with Gasteiger partial charge in [-0.05, 0) is 47.9 Å². The molecule has 0 saturated heterocycles. The first-order chi connectivity index (χ1) is 11.4. The lowest BCUT2D eigenvalue weighted by molar-refractivity contribution is -0.118. The zero-order valence-corrected chi connectivity index (χ0v) is 14.5. The Morgan fingerprint density at radius 3 is 2.38 bits per heavy atom. The molecule has 2 aromatic carbocycles. The van der Waals surface area contributed by atoms with E-state index < -0.39 is 0 Å². The number of hydrogen-bond donors (Lipinski definition) is 1. The molecule has 1 heterocycles. The molecule has 124 valence electrons. The molecule has 0 aliphatic carbocycles. The summed E-state index contributed by atoms with van der Waals surface area (Å²) < 4.78 is 5.85. The fourth-order valence-electron chi connectivity index (χ4n) is 2.41. The number of nitrogens with zero attached hydrogens (tertiary/aromatic N) is 1. The molecule has 0 unspecified atom stereocenters. The van der Waals surface area contributed by atoms with Crippen LogP contribution in [0.4, 0.5) is 5.69 Å². The number of hydrogen-bond acceptors (Lipinski definition) is 3. The monoisotopic (exact) mass is 322 g/mol. The van der Waals surface area contributed by atoms with E-state index in [0.29, 0.717) is 11.8 Å². The summed E-state index contributed by atoms with van der Waals surface area (Å²) in [5, 5.41) is 2.88. The summed E-state index contributed by atoms with van der Waals surface area (Å²) in [4.78, 5) is 16.3. The van der Waals surface area contributed by atoms with Crippen LogP contribution in [0.1, 0.15) is 39.2 Å². The molecule has 1 N–H and O–H groups in total. The molecule has 1 amide bonds. The minimum Gasteiger partial charge on any atom is -0.436 e. The number of benzene rings is 2. The molecule has 0 aliphatic rings. The van der Waals surface area contributed by atoms with Gasteiger partial charge in [-0.25, -0.2) is 4.98 Å². The van der Waals surface area contributed by atoms with Gasteiger partial charge in [0.25, 0.3) is 0 Å². The lowest BCUT2D eigenvalue weighted by atomic mass is 10.0. The van der Waals surface area contributed by atoms with Gasteiger partial charge in [0.15, 0.2) is 5.58 Å². The summed E-state index contributed by atoms with van der Waals surface area (Å²) in [6.07, 6.45) is 0. The van der Waals surface area contributed by atoms with Gasteiger partial charge in [-0.1, -0.05) is 33.8 Å². The van der Waals surface area contributed by atoms with Crippen LogP contribution in [0.25, 0.3) is 22.6 Å². The molecular weight excluding hydrogens is 300 g/mol. The van der Waals surface area contributed by atoms with Crippen molar-refractivity contribution in [3.05, 3.63) is 48.0 Å². The highest BCUT2D eigenvalue weighted by Crippen LogP contribution is 2.27. The van der Waals surface area contributed by atoms with Crippen LogP contribution >= 0.6 is 0 Å². The van der Waals surface area contributed by atoms with Crippen molar-refractivity contribution in [1.29, 1.82) is 0 Å². The number of oxazole rings is 1. The van der Waals surface area contributed by atoms with E-state index in [2.05, 4.69) is 36.3 Å². The number of amides is 1. The third kappa shape index (κ3) is 3.32. The second-order valence-electron chi connectivity index (χ2n) is 6.62. The number of nitrogens with one attached hydrogen (secondary N) is 1. The van der Waals surface area contributed by atoms with Crippen LogP contribution in [0.2, 0.25) is 0 Å². The Morgan fingerprint density at radius 2 is 1.75 bits per heavy atom. The first kappa shape index (κ1) is 16.2. The molecule has 0 saturated carbocycles. The van der Waals surface area contributed by atoms with Gasteiger partial charge < -0.3 is 9.73 Å². The minimum absolute atomic E-state index is 0.00540. The predicted octanol–water partition coefficient (Wildman–Crippen LogP) is 5.21. The Balaban J connectivity index is 1.86. The van der Waals surface area contributed by atoms with Crippen molar-refractivity contribution in [3.63, 3.8) is 0 Å². The van der Waals surface area contributed by atoms with E-state index in [9.17, 15) is 4.79 Å². The lowest BCUT2D eigenvalue weighted by Gasteiger charge is -2.07. The highest BCUT2D eigenvalue weighted by molar-refractivity contribution is 5.92. The summed E-state index contributed by atoms with van der Waals surface area (Å²) >= 11 is 0. The van der Waals surface area contributed by atoms with Crippen molar-refractivity contribution >= 4 is 22.7 Å². The largest absolute Gasteiger partial charge is 0.436 e. The molecule has 0 spiro atoms. The zero-order chi connectivity index (χ0) is 17.3. The maximum Gasteiger partial charge on any atom is 0.227 e. The van der Waals surface area contributed by atoms with Crippen LogP contribution in [-0.2, 0) is 4.79 Å². The number of rotatable bonds is 4. The second-order valence-corrected chi connectivity index (χ2v) is 6.62. The third-order valence-corrected chi connectivity index (χ3v) is 4.00. The van der Waals surface area contributed by atoms with Crippen molar-refractivity contribution in [2.75, 3.05) is 5.32 Å². The Morgan fingerprint density at radius 1 is 1.04 bits per heavy atom. The average molecular weight is 322 g/mol. The standard InChI is InChI=1S/C20H22N2O2/c1-12(2)15-7-10-18-17(11-15)22-20(24-18)14-5-8-16(9-6-14)21-19(23)13(3)4/h5-13H,1-4H3,(H,21,23). The van der Waals surface area contributed by atoms with Crippen molar-refractivity contribution in [3.8, 4) is 11.5 Å². The van der Waals surface area contributed by atoms with Crippen LogP contribution in [0.15, 0.2) is 46.9 Å². The molecule has 0 bridgehead atoms. The first-order valence-corrected chi connectivity index (χ1v) is 8.26. The highest BCUT2D eigenvalue weighted by Gasteiger charge is 2.11. The predicted molar refractivity (Wildman–Crippen MR) is 97.0 cm³/mol. The molecule has 3 rings (SSSR count). The maximum atomic E-state index is 11.7. The van der Waals surface area contributed by atoms with Crippen molar-refractivity contribution in [2.24, 2.45) is 5.92 Å². The fourth-order valence-corrected chi connectivity index (χ4v) is 2.41. The van der Waals surface area contributed by atoms with E-state index in [0.717, 1.165) is 22.4 Å². The summed E-state index contributed by atoms with van der Waals surface area (Å²) in [7, 11) is 0. The number of aromatic nitrogens is 1. The van der Waals surface area contributed by atoms with Gasteiger partial charge in [-0.15, -0.1) is 0 Å².